The molecule has 2 aromatic carbocycles. The molecule has 25 heavy (non-hydrogen) atoms. The van der Waals surface area contributed by atoms with Crippen molar-refractivity contribution in [3.8, 4) is 11.5 Å². The molecule has 0 saturated heterocycles. The van der Waals surface area contributed by atoms with Crippen LogP contribution in [-0.4, -0.2) is 16.8 Å². The summed E-state index contributed by atoms with van der Waals surface area (Å²) in [6, 6.07) is 15.1. The highest BCUT2D eigenvalue weighted by atomic mass is 35.5. The van der Waals surface area contributed by atoms with Crippen LogP contribution in [0.15, 0.2) is 54.7 Å². The molecule has 0 atom stereocenters. The van der Waals surface area contributed by atoms with Crippen LogP contribution in [0.5, 0.6) is 11.5 Å². The third kappa shape index (κ3) is 3.59. The highest BCUT2D eigenvalue weighted by molar-refractivity contribution is 6.31. The van der Waals surface area contributed by atoms with Gasteiger partial charge in [-0.3, -0.25) is 0 Å². The molecule has 3 aromatic rings. The third-order valence-electron chi connectivity index (χ3n) is 3.70. The Morgan fingerprint density at radius 1 is 1.04 bits per heavy atom. The molecule has 0 unspecified atom stereocenters. The number of ether oxygens (including phenoxy) is 2. The van der Waals surface area contributed by atoms with E-state index in [0.29, 0.717) is 23.3 Å². The number of aromatic nitrogens is 2. The van der Waals surface area contributed by atoms with Crippen LogP contribution in [0.3, 0.4) is 0 Å². The van der Waals surface area contributed by atoms with Crippen molar-refractivity contribution in [1.29, 1.82) is 0 Å². The molecule has 1 aliphatic heterocycles. The zero-order valence-corrected chi connectivity index (χ0v) is 14.0. The van der Waals surface area contributed by atoms with Gasteiger partial charge in [0.2, 0.25) is 12.7 Å². The van der Waals surface area contributed by atoms with Gasteiger partial charge in [0.25, 0.3) is 0 Å². The van der Waals surface area contributed by atoms with Gasteiger partial charge in [0, 0.05) is 29.5 Å². The van der Waals surface area contributed by atoms with Gasteiger partial charge < -0.3 is 20.1 Å². The van der Waals surface area contributed by atoms with E-state index in [4.69, 9.17) is 21.1 Å². The normalized spacial score (nSPS) is 12.0. The summed E-state index contributed by atoms with van der Waals surface area (Å²) in [6.45, 7) is 0.801. The smallest absolute Gasteiger partial charge is 0.231 e. The van der Waals surface area contributed by atoms with Crippen molar-refractivity contribution >= 4 is 29.1 Å². The van der Waals surface area contributed by atoms with Crippen LogP contribution in [0.1, 0.15) is 5.56 Å². The minimum atomic E-state index is 0.252. The third-order valence-corrected chi connectivity index (χ3v) is 4.06. The predicted molar refractivity (Wildman–Crippen MR) is 96.7 cm³/mol. The van der Waals surface area contributed by atoms with Crippen molar-refractivity contribution in [3.63, 3.8) is 0 Å². The van der Waals surface area contributed by atoms with Gasteiger partial charge in [-0.05, 0) is 29.8 Å². The molecule has 1 aliphatic rings. The first-order valence-corrected chi connectivity index (χ1v) is 8.13. The number of nitrogens with zero attached hydrogens (tertiary/aromatic N) is 2. The molecule has 0 bridgehead atoms. The van der Waals surface area contributed by atoms with E-state index < -0.39 is 0 Å². The van der Waals surface area contributed by atoms with Crippen LogP contribution >= 0.6 is 11.6 Å². The maximum Gasteiger partial charge on any atom is 0.231 e. The number of hydrogen-bond acceptors (Lipinski definition) is 6. The molecule has 6 nitrogen and oxygen atoms in total. The molecule has 0 fully saturated rings. The lowest BCUT2D eigenvalue weighted by molar-refractivity contribution is 0.174. The predicted octanol–water partition coefficient (Wildman–Crippen LogP) is 4.21. The molecule has 0 amide bonds. The molecule has 0 aliphatic carbocycles. The molecule has 0 saturated carbocycles. The molecular formula is C18H15ClN4O2. The van der Waals surface area contributed by atoms with E-state index in [0.717, 1.165) is 22.7 Å². The fourth-order valence-corrected chi connectivity index (χ4v) is 2.65. The van der Waals surface area contributed by atoms with Gasteiger partial charge in [0.05, 0.1) is 0 Å². The minimum Gasteiger partial charge on any atom is -0.454 e. The van der Waals surface area contributed by atoms with Crippen molar-refractivity contribution in [2.45, 2.75) is 6.54 Å². The molecular weight excluding hydrogens is 340 g/mol. The Morgan fingerprint density at radius 2 is 1.92 bits per heavy atom. The van der Waals surface area contributed by atoms with Crippen LogP contribution < -0.4 is 20.1 Å². The van der Waals surface area contributed by atoms with E-state index in [1.807, 2.05) is 42.5 Å². The lowest BCUT2D eigenvalue weighted by atomic mass is 10.2. The van der Waals surface area contributed by atoms with Crippen molar-refractivity contribution in [2.75, 3.05) is 17.4 Å². The number of rotatable bonds is 5. The maximum atomic E-state index is 6.16. The fraction of sp³-hybridized carbons (Fsp3) is 0.111. The van der Waals surface area contributed by atoms with E-state index in [2.05, 4.69) is 20.6 Å². The van der Waals surface area contributed by atoms with E-state index in [1.54, 1.807) is 12.3 Å². The number of nitrogens with one attached hydrogen (secondary N) is 2. The Balaban J connectivity index is 1.45. The Kier molecular flexibility index (Phi) is 4.26. The van der Waals surface area contributed by atoms with Crippen molar-refractivity contribution < 1.29 is 9.47 Å². The standard InChI is InChI=1S/C18H15ClN4O2/c19-14-4-2-1-3-12(14)10-21-18-20-8-7-17(23-18)22-13-5-6-15-16(9-13)25-11-24-15/h1-9H,10-11H2,(H2,20,21,22,23). The second kappa shape index (κ2) is 6.86. The number of halogens is 1. The summed E-state index contributed by atoms with van der Waals surface area (Å²) in [7, 11) is 0. The average Bonchev–Trinajstić information content (AvgIpc) is 3.09. The van der Waals surface area contributed by atoms with E-state index in [1.165, 1.54) is 0 Å². The molecule has 2 heterocycles. The lowest BCUT2D eigenvalue weighted by Gasteiger charge is -2.09. The molecule has 1 aromatic heterocycles. The summed E-state index contributed by atoms with van der Waals surface area (Å²) in [6.07, 6.45) is 1.69. The van der Waals surface area contributed by atoms with Crippen LogP contribution in [-0.2, 0) is 6.54 Å². The minimum absolute atomic E-state index is 0.252. The molecule has 7 heteroatoms. The summed E-state index contributed by atoms with van der Waals surface area (Å²) in [5.41, 5.74) is 1.85. The average molecular weight is 355 g/mol. The van der Waals surface area contributed by atoms with E-state index >= 15 is 0 Å². The van der Waals surface area contributed by atoms with Crippen LogP contribution in [0, 0.1) is 0 Å². The highest BCUT2D eigenvalue weighted by Crippen LogP contribution is 2.34. The first kappa shape index (κ1) is 15.5. The SMILES string of the molecule is Clc1ccccc1CNc1nccc(Nc2ccc3c(c2)OCO3)n1. The second-order valence-corrected chi connectivity index (χ2v) is 5.81. The second-order valence-electron chi connectivity index (χ2n) is 5.40. The Hall–Kier alpha value is -2.99. The van der Waals surface area contributed by atoms with Crippen LogP contribution in [0.4, 0.5) is 17.5 Å². The van der Waals surface area contributed by atoms with Crippen LogP contribution in [0.2, 0.25) is 5.02 Å². The van der Waals surface area contributed by atoms with E-state index in [9.17, 15) is 0 Å². The highest BCUT2D eigenvalue weighted by Gasteiger charge is 2.13. The first-order chi connectivity index (χ1) is 12.3. The molecule has 4 rings (SSSR count). The monoisotopic (exact) mass is 354 g/mol. The van der Waals surface area contributed by atoms with Gasteiger partial charge in [0.1, 0.15) is 5.82 Å². The van der Waals surface area contributed by atoms with Gasteiger partial charge in [-0.15, -0.1) is 0 Å². The zero-order valence-electron chi connectivity index (χ0n) is 13.2. The molecule has 126 valence electrons. The summed E-state index contributed by atoms with van der Waals surface area (Å²) >= 11 is 6.16. The summed E-state index contributed by atoms with van der Waals surface area (Å²) in [5.74, 6) is 2.66. The van der Waals surface area contributed by atoms with Gasteiger partial charge in [-0.2, -0.15) is 4.98 Å². The van der Waals surface area contributed by atoms with Gasteiger partial charge in [-0.25, -0.2) is 4.98 Å². The summed E-state index contributed by atoms with van der Waals surface area (Å²) < 4.78 is 10.7. The van der Waals surface area contributed by atoms with Crippen molar-refractivity contribution in [1.82, 2.24) is 9.97 Å². The Labute approximate surface area is 149 Å². The summed E-state index contributed by atoms with van der Waals surface area (Å²) in [4.78, 5) is 8.69. The lowest BCUT2D eigenvalue weighted by Crippen LogP contribution is -2.05. The van der Waals surface area contributed by atoms with E-state index in [-0.39, 0.29) is 6.79 Å². The number of anilines is 3. The Morgan fingerprint density at radius 3 is 2.84 bits per heavy atom. The quantitative estimate of drug-likeness (QED) is 0.715. The fourth-order valence-electron chi connectivity index (χ4n) is 2.45. The van der Waals surface area contributed by atoms with Crippen molar-refractivity contribution in [2.24, 2.45) is 0 Å². The van der Waals surface area contributed by atoms with Gasteiger partial charge in [0.15, 0.2) is 11.5 Å². The molecule has 0 spiro atoms. The molecule has 0 radical (unpaired) electrons. The number of fused-ring (bicyclic) bond motifs is 1. The van der Waals surface area contributed by atoms with Crippen LogP contribution in [0.25, 0.3) is 0 Å². The zero-order chi connectivity index (χ0) is 17.1. The van der Waals surface area contributed by atoms with Crippen molar-refractivity contribution in [3.05, 3.63) is 65.3 Å². The molecule has 2 N–H and O–H groups in total. The number of benzene rings is 2. The first-order valence-electron chi connectivity index (χ1n) is 7.75. The topological polar surface area (TPSA) is 68.3 Å². The van der Waals surface area contributed by atoms with Gasteiger partial charge >= 0.3 is 0 Å². The maximum absolute atomic E-state index is 6.16. The Bertz CT molecular complexity index is 904. The van der Waals surface area contributed by atoms with Gasteiger partial charge in [-0.1, -0.05) is 29.8 Å². The number of hydrogen-bond donors (Lipinski definition) is 2. The summed E-state index contributed by atoms with van der Waals surface area (Å²) in [5, 5.41) is 7.12. The largest absolute Gasteiger partial charge is 0.454 e.